The molecule has 1 amide bonds. The van der Waals surface area contributed by atoms with Gasteiger partial charge in [0.15, 0.2) is 11.0 Å². The van der Waals surface area contributed by atoms with E-state index in [2.05, 4.69) is 46.2 Å². The predicted octanol–water partition coefficient (Wildman–Crippen LogP) is 5.82. The highest BCUT2D eigenvalue weighted by Gasteiger charge is 2.21. The molecule has 0 aliphatic heterocycles. The summed E-state index contributed by atoms with van der Waals surface area (Å²) in [6.45, 7) is 11.2. The molecule has 3 aromatic rings. The van der Waals surface area contributed by atoms with E-state index in [4.69, 9.17) is 4.74 Å². The number of carbonyl (C=O) groups excluding carboxylic acids is 2. The van der Waals surface area contributed by atoms with Crippen LogP contribution in [0.2, 0.25) is 0 Å². The van der Waals surface area contributed by atoms with Crippen LogP contribution >= 0.6 is 34.4 Å². The average Bonchev–Trinajstić information content (AvgIpc) is 3.49. The molecule has 10 heteroatoms. The summed E-state index contributed by atoms with van der Waals surface area (Å²) >= 11 is 4.49. The van der Waals surface area contributed by atoms with E-state index < -0.39 is 5.97 Å². The van der Waals surface area contributed by atoms with Crippen LogP contribution in [0.25, 0.3) is 11.4 Å². The summed E-state index contributed by atoms with van der Waals surface area (Å²) in [4.78, 5) is 27.3. The normalized spacial score (nSPS) is 11.1. The van der Waals surface area contributed by atoms with E-state index in [0.717, 1.165) is 47.2 Å². The number of nitrogens with one attached hydrogen (secondary N) is 1. The first kappa shape index (κ1) is 25.5. The van der Waals surface area contributed by atoms with Crippen LogP contribution in [0.3, 0.4) is 0 Å². The van der Waals surface area contributed by atoms with Crippen molar-refractivity contribution in [1.29, 1.82) is 0 Å². The summed E-state index contributed by atoms with van der Waals surface area (Å²) < 4.78 is 7.24. The molecule has 0 saturated carbocycles. The van der Waals surface area contributed by atoms with Crippen molar-refractivity contribution in [2.75, 3.05) is 17.7 Å². The quantitative estimate of drug-likeness (QED) is 0.261. The molecule has 0 aromatic carbocycles. The van der Waals surface area contributed by atoms with E-state index >= 15 is 0 Å². The average molecular weight is 507 g/mol. The van der Waals surface area contributed by atoms with Crippen LogP contribution in [0.5, 0.6) is 0 Å². The van der Waals surface area contributed by atoms with Crippen LogP contribution in [0.15, 0.2) is 16.6 Å². The number of aryl methyl sites for hydroxylation is 2. The van der Waals surface area contributed by atoms with Crippen molar-refractivity contribution < 1.29 is 14.3 Å². The number of carbonyl (C=O) groups is 2. The highest BCUT2D eigenvalue weighted by molar-refractivity contribution is 7.99. The molecule has 0 aliphatic carbocycles. The van der Waals surface area contributed by atoms with Gasteiger partial charge in [-0.1, -0.05) is 32.5 Å². The van der Waals surface area contributed by atoms with E-state index in [0.29, 0.717) is 10.6 Å². The number of thioether (sulfide) groups is 1. The van der Waals surface area contributed by atoms with E-state index in [1.165, 1.54) is 33.5 Å². The summed E-state index contributed by atoms with van der Waals surface area (Å²) in [6.07, 6.45) is 2.66. The lowest BCUT2D eigenvalue weighted by molar-refractivity contribution is -0.113. The van der Waals surface area contributed by atoms with Gasteiger partial charge in [0.2, 0.25) is 5.91 Å². The number of rotatable bonds is 11. The fraction of sp³-hybridized carbons (Fsp3) is 0.478. The first-order valence-electron chi connectivity index (χ1n) is 11.2. The van der Waals surface area contributed by atoms with Gasteiger partial charge in [-0.2, -0.15) is 0 Å². The molecule has 178 valence electrons. The number of anilines is 1. The molecule has 1 N–H and O–H groups in total. The summed E-state index contributed by atoms with van der Waals surface area (Å²) in [7, 11) is 0. The number of ether oxygens (including phenoxy) is 1. The second-order valence-corrected chi connectivity index (χ2v) is 10.5. The number of hydrogen-bond acceptors (Lipinski definition) is 8. The van der Waals surface area contributed by atoms with Crippen molar-refractivity contribution in [1.82, 2.24) is 14.8 Å². The maximum Gasteiger partial charge on any atom is 0.341 e. The van der Waals surface area contributed by atoms with Crippen molar-refractivity contribution in [3.63, 3.8) is 0 Å². The minimum absolute atomic E-state index is 0.173. The lowest BCUT2D eigenvalue weighted by Gasteiger charge is -2.10. The topological polar surface area (TPSA) is 86.1 Å². The van der Waals surface area contributed by atoms with Gasteiger partial charge in [0.25, 0.3) is 0 Å². The molecule has 0 bridgehead atoms. The monoisotopic (exact) mass is 506 g/mol. The first-order chi connectivity index (χ1) is 15.9. The number of nitrogens with zero attached hydrogens (tertiary/aromatic N) is 3. The number of amides is 1. The summed E-state index contributed by atoms with van der Waals surface area (Å²) in [5.74, 6) is 0.424. The Morgan fingerprint density at radius 2 is 1.97 bits per heavy atom. The fourth-order valence-corrected chi connectivity index (χ4v) is 6.19. The smallest absolute Gasteiger partial charge is 0.341 e. The molecule has 0 atom stereocenters. The number of aromatic nitrogens is 3. The molecule has 0 radical (unpaired) electrons. The third kappa shape index (κ3) is 5.85. The van der Waals surface area contributed by atoms with Gasteiger partial charge in [-0.15, -0.1) is 32.9 Å². The molecule has 33 heavy (non-hydrogen) atoms. The largest absolute Gasteiger partial charge is 0.462 e. The van der Waals surface area contributed by atoms with Crippen molar-refractivity contribution >= 4 is 51.3 Å². The Bertz CT molecular complexity index is 1120. The molecule has 0 aliphatic rings. The van der Waals surface area contributed by atoms with Gasteiger partial charge in [-0.25, -0.2) is 4.79 Å². The van der Waals surface area contributed by atoms with Gasteiger partial charge in [0.1, 0.15) is 5.00 Å². The Hall–Kier alpha value is -2.17. The van der Waals surface area contributed by atoms with Gasteiger partial charge in [-0.05, 0) is 44.7 Å². The molecule has 0 saturated heterocycles. The van der Waals surface area contributed by atoms with Crippen LogP contribution in [0.1, 0.15) is 59.8 Å². The van der Waals surface area contributed by atoms with Crippen molar-refractivity contribution in [3.8, 4) is 11.4 Å². The van der Waals surface area contributed by atoms with Gasteiger partial charge in [-0.3, -0.25) is 4.79 Å². The zero-order valence-electron chi connectivity index (χ0n) is 19.7. The maximum absolute atomic E-state index is 12.7. The predicted molar refractivity (Wildman–Crippen MR) is 137 cm³/mol. The number of esters is 1. The second kappa shape index (κ2) is 11.8. The first-order valence-corrected chi connectivity index (χ1v) is 13.8. The van der Waals surface area contributed by atoms with Gasteiger partial charge < -0.3 is 14.6 Å². The van der Waals surface area contributed by atoms with E-state index in [-0.39, 0.29) is 18.3 Å². The van der Waals surface area contributed by atoms with Gasteiger partial charge in [0.05, 0.1) is 17.9 Å². The Labute approximate surface area is 207 Å². The molecule has 7 nitrogen and oxygen atoms in total. The van der Waals surface area contributed by atoms with Crippen molar-refractivity contribution in [2.45, 2.75) is 65.6 Å². The zero-order chi connectivity index (χ0) is 24.0. The number of hydrogen-bond donors (Lipinski definition) is 1. The van der Waals surface area contributed by atoms with Gasteiger partial charge >= 0.3 is 5.97 Å². The third-order valence-corrected chi connectivity index (χ3v) is 8.19. The molecule has 0 spiro atoms. The second-order valence-electron chi connectivity index (χ2n) is 7.36. The fourth-order valence-electron chi connectivity index (χ4n) is 3.49. The Morgan fingerprint density at radius 1 is 1.18 bits per heavy atom. The zero-order valence-corrected chi connectivity index (χ0v) is 22.1. The SMILES string of the molecule is CCCn1c(SCC(=O)Nc2sc(CC)cc2C(=O)OCC)nnc1-c1csc(C)c1CC. The molecule has 3 heterocycles. The molecule has 3 rings (SSSR count). The van der Waals surface area contributed by atoms with Crippen molar-refractivity contribution in [3.05, 3.63) is 32.3 Å². The Morgan fingerprint density at radius 3 is 2.64 bits per heavy atom. The maximum atomic E-state index is 12.7. The van der Waals surface area contributed by atoms with Crippen LogP contribution in [-0.4, -0.2) is 39.0 Å². The minimum Gasteiger partial charge on any atom is -0.462 e. The molecule has 0 fully saturated rings. The lowest BCUT2D eigenvalue weighted by Crippen LogP contribution is -2.16. The van der Waals surface area contributed by atoms with Crippen LogP contribution in [0, 0.1) is 6.92 Å². The minimum atomic E-state index is -0.415. The lowest BCUT2D eigenvalue weighted by atomic mass is 10.1. The van der Waals surface area contributed by atoms with E-state index in [1.54, 1.807) is 24.3 Å². The Kier molecular flexibility index (Phi) is 9.10. The third-order valence-electron chi connectivity index (χ3n) is 5.07. The van der Waals surface area contributed by atoms with Crippen LogP contribution in [0.4, 0.5) is 5.00 Å². The number of thiophene rings is 2. The van der Waals surface area contributed by atoms with E-state index in [9.17, 15) is 9.59 Å². The molecule has 0 unspecified atom stereocenters. The highest BCUT2D eigenvalue weighted by Crippen LogP contribution is 2.33. The van der Waals surface area contributed by atoms with Crippen LogP contribution in [-0.2, 0) is 28.9 Å². The van der Waals surface area contributed by atoms with E-state index in [1.807, 2.05) is 6.92 Å². The Balaban J connectivity index is 1.75. The molecular formula is C23H30N4O3S3. The molecule has 3 aromatic heterocycles. The van der Waals surface area contributed by atoms with Crippen LogP contribution < -0.4 is 5.32 Å². The summed E-state index contributed by atoms with van der Waals surface area (Å²) in [5, 5.41) is 15.1. The molecular weight excluding hydrogens is 476 g/mol. The standard InChI is InChI=1S/C23H30N4O3S3/c1-6-10-27-20(18-12-31-14(5)16(18)8-3)25-26-23(27)32-13-19(28)24-21-17(22(29)30-9-4)11-15(7-2)33-21/h11-12H,6-10,13H2,1-5H3,(H,24,28). The van der Waals surface area contributed by atoms with Crippen molar-refractivity contribution in [2.24, 2.45) is 0 Å². The summed E-state index contributed by atoms with van der Waals surface area (Å²) in [5.41, 5.74) is 2.84. The summed E-state index contributed by atoms with van der Waals surface area (Å²) in [6, 6.07) is 1.80. The van der Waals surface area contributed by atoms with Gasteiger partial charge in [0, 0.05) is 27.2 Å². The highest BCUT2D eigenvalue weighted by atomic mass is 32.2.